The number of rotatable bonds is 6. The lowest BCUT2D eigenvalue weighted by molar-refractivity contribution is -0.119. The van der Waals surface area contributed by atoms with Crippen molar-refractivity contribution in [3.05, 3.63) is 35.9 Å². The van der Waals surface area contributed by atoms with Gasteiger partial charge in [-0.2, -0.15) is 0 Å². The van der Waals surface area contributed by atoms with Gasteiger partial charge in [-0.3, -0.25) is 4.79 Å². The molecule has 1 aromatic rings. The van der Waals surface area contributed by atoms with Crippen LogP contribution in [-0.2, 0) is 11.2 Å². The molecule has 18 heavy (non-hydrogen) atoms. The Balaban J connectivity index is 2.19. The summed E-state index contributed by atoms with van der Waals surface area (Å²) in [6.45, 7) is 2.93. The van der Waals surface area contributed by atoms with Crippen LogP contribution in [0.2, 0.25) is 0 Å². The van der Waals surface area contributed by atoms with Gasteiger partial charge < -0.3 is 10.6 Å². The second kappa shape index (κ2) is 8.64. The van der Waals surface area contributed by atoms with E-state index in [4.69, 9.17) is 12.2 Å². The van der Waals surface area contributed by atoms with E-state index in [1.807, 2.05) is 30.3 Å². The molecule has 98 valence electrons. The van der Waals surface area contributed by atoms with E-state index in [-0.39, 0.29) is 5.91 Å². The SMILES string of the molecule is CCCCNC(=S)NC(=O)CCc1ccccc1. The molecule has 4 heteroatoms. The molecule has 0 atom stereocenters. The fourth-order valence-electron chi connectivity index (χ4n) is 1.51. The summed E-state index contributed by atoms with van der Waals surface area (Å²) in [5.74, 6) is -0.0344. The second-order valence-electron chi connectivity index (χ2n) is 4.14. The van der Waals surface area contributed by atoms with Crippen molar-refractivity contribution in [3.63, 3.8) is 0 Å². The van der Waals surface area contributed by atoms with Crippen molar-refractivity contribution in [3.8, 4) is 0 Å². The van der Waals surface area contributed by atoms with E-state index in [2.05, 4.69) is 17.6 Å². The Morgan fingerprint density at radius 1 is 1.28 bits per heavy atom. The summed E-state index contributed by atoms with van der Waals surface area (Å²) in [6.07, 6.45) is 3.36. The molecule has 2 N–H and O–H groups in total. The Labute approximate surface area is 114 Å². The first-order valence-corrected chi connectivity index (χ1v) is 6.74. The number of nitrogens with one attached hydrogen (secondary N) is 2. The lowest BCUT2D eigenvalue weighted by Crippen LogP contribution is -2.39. The zero-order chi connectivity index (χ0) is 13.2. The van der Waals surface area contributed by atoms with Gasteiger partial charge in [0.15, 0.2) is 5.11 Å². The fraction of sp³-hybridized carbons (Fsp3) is 0.429. The van der Waals surface area contributed by atoms with E-state index in [0.29, 0.717) is 11.5 Å². The van der Waals surface area contributed by atoms with E-state index in [1.54, 1.807) is 0 Å². The normalized spacial score (nSPS) is 9.83. The van der Waals surface area contributed by atoms with E-state index < -0.39 is 0 Å². The van der Waals surface area contributed by atoms with Crippen LogP contribution in [-0.4, -0.2) is 17.6 Å². The lowest BCUT2D eigenvalue weighted by atomic mass is 10.1. The minimum atomic E-state index is -0.0344. The van der Waals surface area contributed by atoms with Gasteiger partial charge in [0.2, 0.25) is 5.91 Å². The summed E-state index contributed by atoms with van der Waals surface area (Å²) in [5.41, 5.74) is 1.16. The van der Waals surface area contributed by atoms with Crippen molar-refractivity contribution in [2.24, 2.45) is 0 Å². The highest BCUT2D eigenvalue weighted by Crippen LogP contribution is 2.01. The zero-order valence-electron chi connectivity index (χ0n) is 10.7. The minimum Gasteiger partial charge on any atom is -0.362 e. The third kappa shape index (κ3) is 6.35. The molecule has 0 bridgehead atoms. The molecular formula is C14H20N2OS. The van der Waals surface area contributed by atoms with Crippen molar-refractivity contribution in [1.82, 2.24) is 10.6 Å². The largest absolute Gasteiger partial charge is 0.362 e. The molecule has 0 aromatic heterocycles. The van der Waals surface area contributed by atoms with Crippen LogP contribution >= 0.6 is 12.2 Å². The molecule has 0 saturated heterocycles. The average molecular weight is 264 g/mol. The first kappa shape index (κ1) is 14.6. The Kier molecular flexibility index (Phi) is 7.03. The summed E-state index contributed by atoms with van der Waals surface area (Å²) in [6, 6.07) is 9.96. The Morgan fingerprint density at radius 3 is 2.67 bits per heavy atom. The number of hydrogen-bond acceptors (Lipinski definition) is 2. The van der Waals surface area contributed by atoms with Crippen LogP contribution in [0, 0.1) is 0 Å². The molecule has 1 aromatic carbocycles. The molecule has 1 rings (SSSR count). The number of carbonyl (C=O) groups is 1. The standard InChI is InChI=1S/C14H20N2OS/c1-2-3-11-15-14(18)16-13(17)10-9-12-7-5-4-6-8-12/h4-8H,2-3,9-11H2,1H3,(H2,15,16,17,18). The van der Waals surface area contributed by atoms with Crippen LogP contribution in [0.4, 0.5) is 0 Å². The number of carbonyl (C=O) groups excluding carboxylic acids is 1. The predicted octanol–water partition coefficient (Wildman–Crippen LogP) is 2.41. The summed E-state index contributed by atoms with van der Waals surface area (Å²) in [7, 11) is 0. The van der Waals surface area contributed by atoms with E-state index in [0.717, 1.165) is 31.4 Å². The van der Waals surface area contributed by atoms with E-state index in [1.165, 1.54) is 0 Å². The van der Waals surface area contributed by atoms with Crippen LogP contribution in [0.1, 0.15) is 31.7 Å². The smallest absolute Gasteiger partial charge is 0.226 e. The highest BCUT2D eigenvalue weighted by Gasteiger charge is 2.04. The van der Waals surface area contributed by atoms with Crippen LogP contribution in [0.3, 0.4) is 0 Å². The second-order valence-corrected chi connectivity index (χ2v) is 4.55. The van der Waals surface area contributed by atoms with Gasteiger partial charge in [-0.15, -0.1) is 0 Å². The van der Waals surface area contributed by atoms with Gasteiger partial charge in [0.25, 0.3) is 0 Å². The average Bonchev–Trinajstić information content (AvgIpc) is 2.38. The first-order chi connectivity index (χ1) is 8.72. The fourth-order valence-corrected chi connectivity index (χ4v) is 1.73. The Hall–Kier alpha value is -1.42. The van der Waals surface area contributed by atoms with Crippen molar-refractivity contribution in [1.29, 1.82) is 0 Å². The van der Waals surface area contributed by atoms with Gasteiger partial charge in [0, 0.05) is 13.0 Å². The van der Waals surface area contributed by atoms with Gasteiger partial charge in [-0.1, -0.05) is 43.7 Å². The third-order valence-corrected chi connectivity index (χ3v) is 2.80. The quantitative estimate of drug-likeness (QED) is 0.612. The number of hydrogen-bond donors (Lipinski definition) is 2. The molecule has 0 spiro atoms. The maximum absolute atomic E-state index is 11.6. The molecule has 0 aliphatic rings. The number of benzene rings is 1. The first-order valence-electron chi connectivity index (χ1n) is 6.34. The van der Waals surface area contributed by atoms with Gasteiger partial charge in [-0.25, -0.2) is 0 Å². The summed E-state index contributed by atoms with van der Waals surface area (Å²) in [4.78, 5) is 11.6. The maximum Gasteiger partial charge on any atom is 0.226 e. The van der Waals surface area contributed by atoms with Crippen molar-refractivity contribution < 1.29 is 4.79 Å². The molecule has 0 fully saturated rings. The van der Waals surface area contributed by atoms with Gasteiger partial charge in [0.1, 0.15) is 0 Å². The van der Waals surface area contributed by atoms with Crippen molar-refractivity contribution in [2.45, 2.75) is 32.6 Å². The molecule has 0 unspecified atom stereocenters. The van der Waals surface area contributed by atoms with Gasteiger partial charge in [0.05, 0.1) is 0 Å². The number of aryl methyl sites for hydroxylation is 1. The number of thiocarbonyl (C=S) groups is 1. The highest BCUT2D eigenvalue weighted by molar-refractivity contribution is 7.80. The van der Waals surface area contributed by atoms with Crippen LogP contribution in [0.25, 0.3) is 0 Å². The molecule has 3 nitrogen and oxygen atoms in total. The monoisotopic (exact) mass is 264 g/mol. The number of amides is 1. The van der Waals surface area contributed by atoms with Crippen LogP contribution in [0.5, 0.6) is 0 Å². The zero-order valence-corrected chi connectivity index (χ0v) is 11.6. The molecular weight excluding hydrogens is 244 g/mol. The van der Waals surface area contributed by atoms with E-state index >= 15 is 0 Å². The molecule has 0 aliphatic heterocycles. The summed E-state index contributed by atoms with van der Waals surface area (Å²) < 4.78 is 0. The molecule has 0 aliphatic carbocycles. The van der Waals surface area contributed by atoms with E-state index in [9.17, 15) is 4.79 Å². The molecule has 0 saturated carbocycles. The third-order valence-electron chi connectivity index (χ3n) is 2.55. The molecule has 1 amide bonds. The molecule has 0 radical (unpaired) electrons. The maximum atomic E-state index is 11.6. The molecule has 0 heterocycles. The minimum absolute atomic E-state index is 0.0344. The summed E-state index contributed by atoms with van der Waals surface area (Å²) in [5, 5.41) is 6.13. The van der Waals surface area contributed by atoms with Crippen LogP contribution < -0.4 is 10.6 Å². The van der Waals surface area contributed by atoms with Crippen molar-refractivity contribution >= 4 is 23.2 Å². The number of unbranched alkanes of at least 4 members (excludes halogenated alkanes) is 1. The highest BCUT2D eigenvalue weighted by atomic mass is 32.1. The Morgan fingerprint density at radius 2 is 2.00 bits per heavy atom. The topological polar surface area (TPSA) is 41.1 Å². The lowest BCUT2D eigenvalue weighted by Gasteiger charge is -2.08. The van der Waals surface area contributed by atoms with Gasteiger partial charge >= 0.3 is 0 Å². The Bertz CT molecular complexity index is 379. The van der Waals surface area contributed by atoms with Gasteiger partial charge in [-0.05, 0) is 30.6 Å². The van der Waals surface area contributed by atoms with Crippen LogP contribution in [0.15, 0.2) is 30.3 Å². The summed E-state index contributed by atoms with van der Waals surface area (Å²) >= 11 is 5.03. The van der Waals surface area contributed by atoms with Crippen molar-refractivity contribution in [2.75, 3.05) is 6.54 Å². The predicted molar refractivity (Wildman–Crippen MR) is 78.4 cm³/mol.